The van der Waals surface area contributed by atoms with Crippen molar-refractivity contribution in [2.24, 2.45) is 10.7 Å². The van der Waals surface area contributed by atoms with E-state index in [1.165, 1.54) is 6.20 Å². The predicted molar refractivity (Wildman–Crippen MR) is 109 cm³/mol. The minimum absolute atomic E-state index is 0.00485. The molecule has 34 heavy (non-hydrogen) atoms. The van der Waals surface area contributed by atoms with Crippen LogP contribution in [-0.2, 0) is 20.0 Å². The van der Waals surface area contributed by atoms with Crippen molar-refractivity contribution in [2.75, 3.05) is 25.2 Å². The van der Waals surface area contributed by atoms with E-state index in [-0.39, 0.29) is 30.6 Å². The average molecular weight is 482 g/mol. The highest BCUT2D eigenvalue weighted by atomic mass is 19.3. The largest absolute Gasteiger partial charge is 0.414 e. The Kier molecular flexibility index (Phi) is 8.96. The molecule has 0 spiro atoms. The molecule has 14 heteroatoms. The second-order valence-corrected chi connectivity index (χ2v) is 6.82. The molecule has 1 unspecified atom stereocenters. The minimum atomic E-state index is -3.37. The number of halogens is 4. The van der Waals surface area contributed by atoms with Crippen LogP contribution in [0.3, 0.4) is 0 Å². The topological polar surface area (TPSA) is 153 Å². The number of nitrogens with two attached hydrogens (primary N) is 1. The third kappa shape index (κ3) is 6.45. The predicted octanol–water partition coefficient (Wildman–Crippen LogP) is 2.14. The lowest BCUT2D eigenvalue weighted by Crippen LogP contribution is -2.42. The first-order valence-corrected chi connectivity index (χ1v) is 9.40. The quantitative estimate of drug-likeness (QED) is 0.615. The number of carbonyl (C=O) groups is 2. The number of anilines is 1. The van der Waals surface area contributed by atoms with Crippen molar-refractivity contribution < 1.29 is 37.0 Å². The highest BCUT2D eigenvalue weighted by molar-refractivity contribution is 6.03. The summed E-state index contributed by atoms with van der Waals surface area (Å²) in [6.07, 6.45) is -2.05. The molecule has 1 aliphatic rings. The molecule has 0 fully saturated rings. The maximum Gasteiger partial charge on any atom is 0.414 e. The van der Waals surface area contributed by atoms with Crippen LogP contribution < -0.4 is 11.1 Å². The van der Waals surface area contributed by atoms with E-state index in [0.717, 1.165) is 0 Å². The van der Waals surface area contributed by atoms with Crippen LogP contribution in [0, 0.1) is 18.3 Å². The second kappa shape index (κ2) is 11.7. The zero-order valence-corrected chi connectivity index (χ0v) is 17.6. The van der Waals surface area contributed by atoms with Crippen LogP contribution in [0.15, 0.2) is 35.5 Å². The highest BCUT2D eigenvalue weighted by Gasteiger charge is 2.37. The van der Waals surface area contributed by atoms with Crippen molar-refractivity contribution in [3.63, 3.8) is 0 Å². The van der Waals surface area contributed by atoms with Crippen LogP contribution in [-0.4, -0.2) is 54.0 Å². The Morgan fingerprint density at radius 3 is 2.68 bits per heavy atom. The monoisotopic (exact) mass is 482 g/mol. The molecule has 1 aliphatic heterocycles. The second-order valence-electron chi connectivity index (χ2n) is 6.82. The van der Waals surface area contributed by atoms with Crippen LogP contribution in [0.1, 0.15) is 27.3 Å². The molecule has 0 bridgehead atoms. The van der Waals surface area contributed by atoms with Crippen molar-refractivity contribution >= 4 is 23.5 Å². The summed E-state index contributed by atoms with van der Waals surface area (Å²) in [5.74, 6) is -2.23. The lowest BCUT2D eigenvalue weighted by Gasteiger charge is -2.30. The van der Waals surface area contributed by atoms with Gasteiger partial charge >= 0.3 is 12.4 Å². The molecule has 2 aromatic heterocycles. The number of nitriles is 1. The average Bonchev–Trinajstić information content (AvgIpc) is 2.83. The molecule has 0 aromatic carbocycles. The van der Waals surface area contributed by atoms with Gasteiger partial charge in [-0.2, -0.15) is 14.0 Å². The molecule has 2 aromatic rings. The number of aryl methyl sites for hydroxylation is 1. The molecule has 0 saturated carbocycles. The standard InChI is InChI=1S/C18H17FN6O2.C2HF3O2/c1-11-5-12(6-20)7-22-16(11)17(26)24-15-4-2-3-13(23-15)18(9-19)10-27-8-14(21)25-18;3-1(4)2(6)7-5/h2-5,7H,8-10H2,1H3,(H2,21,25)(H,23,24,26);1H. The Hall–Kier alpha value is -4.12. The van der Waals surface area contributed by atoms with Crippen molar-refractivity contribution in [3.05, 3.63) is 53.0 Å². The molecule has 1 atom stereocenters. The van der Waals surface area contributed by atoms with Gasteiger partial charge in [-0.25, -0.2) is 24.1 Å². The number of amidine groups is 1. The molecule has 1 amide bonds. The number of carbonyl (C=O) groups excluding carboxylic acids is 2. The molecule has 180 valence electrons. The van der Waals surface area contributed by atoms with E-state index < -0.39 is 30.5 Å². The van der Waals surface area contributed by atoms with Crippen LogP contribution in [0.5, 0.6) is 0 Å². The summed E-state index contributed by atoms with van der Waals surface area (Å²) in [6.45, 7) is 0.989. The molecular weight excluding hydrogens is 464 g/mol. The first kappa shape index (κ1) is 26.1. The maximum atomic E-state index is 13.8. The smallest absolute Gasteiger partial charge is 0.385 e. The Morgan fingerprint density at radius 2 is 2.15 bits per heavy atom. The van der Waals surface area contributed by atoms with Gasteiger partial charge < -0.3 is 15.8 Å². The van der Waals surface area contributed by atoms with Crippen molar-refractivity contribution in [3.8, 4) is 6.07 Å². The summed E-state index contributed by atoms with van der Waals surface area (Å²) in [7, 11) is 0. The Labute approximate surface area is 190 Å². The van der Waals surface area contributed by atoms with E-state index in [2.05, 4.69) is 25.2 Å². The summed E-state index contributed by atoms with van der Waals surface area (Å²) in [4.78, 5) is 36.3. The molecule has 0 saturated heterocycles. The van der Waals surface area contributed by atoms with Crippen LogP contribution in [0.4, 0.5) is 23.5 Å². The highest BCUT2D eigenvalue weighted by Crippen LogP contribution is 2.29. The number of alkyl halides is 3. The van der Waals surface area contributed by atoms with Crippen molar-refractivity contribution in [1.29, 1.82) is 5.26 Å². The number of rotatable bonds is 5. The van der Waals surface area contributed by atoms with Gasteiger partial charge in [-0.05, 0) is 30.7 Å². The van der Waals surface area contributed by atoms with Crippen LogP contribution in [0.2, 0.25) is 0 Å². The maximum absolute atomic E-state index is 13.8. The third-order valence-corrected chi connectivity index (χ3v) is 4.31. The Balaban J connectivity index is 0.000000509. The van der Waals surface area contributed by atoms with Crippen LogP contribution in [0.25, 0.3) is 0 Å². The van der Waals surface area contributed by atoms with Gasteiger partial charge in [0.2, 0.25) is 0 Å². The fourth-order valence-corrected chi connectivity index (χ4v) is 2.78. The zero-order chi connectivity index (χ0) is 25.3. The first-order chi connectivity index (χ1) is 16.2. The van der Waals surface area contributed by atoms with Gasteiger partial charge in [-0.1, -0.05) is 6.07 Å². The van der Waals surface area contributed by atoms with Gasteiger partial charge in [0.05, 0.1) is 17.9 Å². The van der Waals surface area contributed by atoms with Crippen LogP contribution >= 0.6 is 0 Å². The summed E-state index contributed by atoms with van der Waals surface area (Å²) in [5, 5.41) is 11.5. The lowest BCUT2D eigenvalue weighted by atomic mass is 9.97. The summed E-state index contributed by atoms with van der Waals surface area (Å²) in [5.41, 5.74) is 5.75. The van der Waals surface area contributed by atoms with E-state index in [0.29, 0.717) is 16.8 Å². The fraction of sp³-hybridized carbons (Fsp3) is 0.300. The van der Waals surface area contributed by atoms with Gasteiger partial charge in [0, 0.05) is 10.7 Å². The molecule has 10 nitrogen and oxygen atoms in total. The molecular formula is C20H18F4N6O4. The Morgan fingerprint density at radius 1 is 1.41 bits per heavy atom. The summed E-state index contributed by atoms with van der Waals surface area (Å²) >= 11 is 0. The van der Waals surface area contributed by atoms with Gasteiger partial charge in [0.1, 0.15) is 36.7 Å². The molecule has 0 radical (unpaired) electrons. The van der Waals surface area contributed by atoms with Gasteiger partial charge in [-0.3, -0.25) is 9.79 Å². The SMILES string of the molecule is Cc1cc(C#N)cnc1C(=O)Nc1cccc(C2(CF)COCC(N)=N2)n1.O=C(OF)C(F)F. The number of aromatic nitrogens is 2. The lowest BCUT2D eigenvalue weighted by molar-refractivity contribution is -0.196. The normalized spacial score (nSPS) is 17.0. The molecule has 3 N–H and O–H groups in total. The van der Waals surface area contributed by atoms with E-state index in [9.17, 15) is 22.5 Å². The zero-order valence-electron chi connectivity index (χ0n) is 17.6. The van der Waals surface area contributed by atoms with E-state index in [1.54, 1.807) is 31.2 Å². The molecule has 3 heterocycles. The number of amides is 1. The number of ether oxygens (including phenoxy) is 1. The van der Waals surface area contributed by atoms with Gasteiger partial charge in [0.25, 0.3) is 5.91 Å². The van der Waals surface area contributed by atoms with E-state index in [4.69, 9.17) is 20.5 Å². The van der Waals surface area contributed by atoms with Gasteiger partial charge in [-0.15, -0.1) is 0 Å². The summed E-state index contributed by atoms with van der Waals surface area (Å²) < 4.78 is 50.8. The molecule has 3 rings (SSSR count). The fourth-order valence-electron chi connectivity index (χ4n) is 2.78. The van der Waals surface area contributed by atoms with Crippen molar-refractivity contribution in [2.45, 2.75) is 18.9 Å². The number of hydrogen-bond donors (Lipinski definition) is 2. The third-order valence-electron chi connectivity index (χ3n) is 4.31. The molecule has 0 aliphatic carbocycles. The number of nitrogens with zero attached hydrogens (tertiary/aromatic N) is 4. The number of aliphatic imine (C=N–C) groups is 1. The number of hydrogen-bond acceptors (Lipinski definition) is 9. The minimum Gasteiger partial charge on any atom is -0.385 e. The summed E-state index contributed by atoms with van der Waals surface area (Å²) in [6, 6.07) is 8.34. The van der Waals surface area contributed by atoms with E-state index >= 15 is 0 Å². The van der Waals surface area contributed by atoms with E-state index in [1.807, 2.05) is 6.07 Å². The van der Waals surface area contributed by atoms with Crippen molar-refractivity contribution in [1.82, 2.24) is 9.97 Å². The first-order valence-electron chi connectivity index (χ1n) is 9.40. The van der Waals surface area contributed by atoms with Gasteiger partial charge in [0.15, 0.2) is 5.54 Å². The Bertz CT molecular complexity index is 1120. The number of pyridine rings is 2. The number of nitrogens with one attached hydrogen (secondary N) is 1.